The van der Waals surface area contributed by atoms with E-state index in [0.717, 1.165) is 11.3 Å². The molecule has 0 aromatic heterocycles. The monoisotopic (exact) mass is 287 g/mol. The van der Waals surface area contributed by atoms with Crippen molar-refractivity contribution in [3.63, 3.8) is 0 Å². The topological polar surface area (TPSA) is 64.9 Å². The first-order chi connectivity index (χ1) is 9.64. The predicted molar refractivity (Wildman–Crippen MR) is 86.1 cm³/mol. The molecule has 1 aromatic rings. The van der Waals surface area contributed by atoms with E-state index in [2.05, 4.69) is 37.5 Å². The Morgan fingerprint density at radius 1 is 1.14 bits per heavy atom. The Balaban J connectivity index is 2.53. The van der Waals surface area contributed by atoms with Crippen LogP contribution in [0, 0.1) is 11.3 Å². The average Bonchev–Trinajstić information content (AvgIpc) is 2.37. The summed E-state index contributed by atoms with van der Waals surface area (Å²) >= 11 is 0. The highest BCUT2D eigenvalue weighted by Crippen LogP contribution is 2.23. The molecule has 1 rings (SSSR count). The quantitative estimate of drug-likeness (QED) is 0.874. The summed E-state index contributed by atoms with van der Waals surface area (Å²) in [7, 11) is 0. The van der Waals surface area contributed by atoms with Gasteiger partial charge in [0.1, 0.15) is 0 Å². The minimum Gasteiger partial charge on any atom is -0.326 e. The summed E-state index contributed by atoms with van der Waals surface area (Å²) in [4.78, 5) is 11.8. The fourth-order valence-electron chi connectivity index (χ4n) is 1.81. The normalized spacial score (nSPS) is 11.8. The summed E-state index contributed by atoms with van der Waals surface area (Å²) in [6.07, 6.45) is 0.433. The fraction of sp³-hybridized carbons (Fsp3) is 0.529. The van der Waals surface area contributed by atoms with E-state index in [0.29, 0.717) is 13.0 Å². The molecule has 114 valence electrons. The van der Waals surface area contributed by atoms with Crippen molar-refractivity contribution >= 4 is 11.6 Å². The standard InChI is InChI=1S/C17H25N3O/c1-16(2,3)19-11-10-15(21)20-14-8-6-13(7-9-14)17(4,5)12-18/h6-9,19H,10-11H2,1-5H3,(H,20,21). The second kappa shape index (κ2) is 6.73. The summed E-state index contributed by atoms with van der Waals surface area (Å²) in [6, 6.07) is 9.70. The zero-order chi connectivity index (χ0) is 16.1. The molecule has 4 heteroatoms. The van der Waals surface area contributed by atoms with Crippen molar-refractivity contribution in [2.75, 3.05) is 11.9 Å². The lowest BCUT2D eigenvalue weighted by atomic mass is 9.86. The molecule has 0 saturated carbocycles. The van der Waals surface area contributed by atoms with E-state index in [1.165, 1.54) is 0 Å². The van der Waals surface area contributed by atoms with E-state index in [1.54, 1.807) is 0 Å². The first-order valence-electron chi connectivity index (χ1n) is 7.21. The van der Waals surface area contributed by atoms with Crippen LogP contribution in [0.3, 0.4) is 0 Å². The van der Waals surface area contributed by atoms with Gasteiger partial charge in [-0.15, -0.1) is 0 Å². The molecule has 1 aromatic carbocycles. The molecule has 0 fully saturated rings. The number of carbonyl (C=O) groups is 1. The molecular weight excluding hydrogens is 262 g/mol. The van der Waals surface area contributed by atoms with Crippen molar-refractivity contribution in [1.82, 2.24) is 5.32 Å². The van der Waals surface area contributed by atoms with E-state index in [9.17, 15) is 4.79 Å². The van der Waals surface area contributed by atoms with Crippen LogP contribution >= 0.6 is 0 Å². The van der Waals surface area contributed by atoms with Crippen molar-refractivity contribution in [3.05, 3.63) is 29.8 Å². The molecule has 0 spiro atoms. The third kappa shape index (κ3) is 5.97. The van der Waals surface area contributed by atoms with Gasteiger partial charge in [0, 0.05) is 24.2 Å². The SMILES string of the molecule is CC(C)(C)NCCC(=O)Nc1ccc(C(C)(C)C#N)cc1. The highest BCUT2D eigenvalue weighted by molar-refractivity contribution is 5.90. The Hall–Kier alpha value is -1.86. The van der Waals surface area contributed by atoms with E-state index in [1.807, 2.05) is 38.1 Å². The molecule has 1 amide bonds. The van der Waals surface area contributed by atoms with Gasteiger partial charge in [-0.1, -0.05) is 12.1 Å². The van der Waals surface area contributed by atoms with E-state index < -0.39 is 5.41 Å². The number of rotatable bonds is 5. The summed E-state index contributed by atoms with van der Waals surface area (Å²) in [6.45, 7) is 10.6. The first-order valence-corrected chi connectivity index (χ1v) is 7.21. The van der Waals surface area contributed by atoms with Crippen LogP contribution in [0.4, 0.5) is 5.69 Å². The highest BCUT2D eigenvalue weighted by Gasteiger charge is 2.19. The van der Waals surface area contributed by atoms with Gasteiger partial charge in [0.05, 0.1) is 11.5 Å². The Bertz CT molecular complexity index is 518. The number of carbonyl (C=O) groups excluding carboxylic acids is 1. The molecule has 21 heavy (non-hydrogen) atoms. The van der Waals surface area contributed by atoms with Crippen LogP contribution in [0.5, 0.6) is 0 Å². The summed E-state index contributed by atoms with van der Waals surface area (Å²) in [5, 5.41) is 15.2. The van der Waals surface area contributed by atoms with Gasteiger partial charge in [0.15, 0.2) is 0 Å². The van der Waals surface area contributed by atoms with Gasteiger partial charge in [0.25, 0.3) is 0 Å². The number of nitrogens with one attached hydrogen (secondary N) is 2. The molecule has 0 heterocycles. The molecule has 0 radical (unpaired) electrons. The van der Waals surface area contributed by atoms with Crippen molar-refractivity contribution in [2.24, 2.45) is 0 Å². The lowest BCUT2D eigenvalue weighted by molar-refractivity contribution is -0.116. The first kappa shape index (κ1) is 17.2. The molecule has 4 nitrogen and oxygen atoms in total. The zero-order valence-electron chi connectivity index (χ0n) is 13.6. The molecule has 0 saturated heterocycles. The number of hydrogen-bond donors (Lipinski definition) is 2. The molecule has 0 aliphatic rings. The number of hydrogen-bond acceptors (Lipinski definition) is 3. The Labute approximate surface area is 127 Å². The summed E-state index contributed by atoms with van der Waals surface area (Å²) < 4.78 is 0. The van der Waals surface area contributed by atoms with E-state index in [4.69, 9.17) is 5.26 Å². The molecule has 2 N–H and O–H groups in total. The number of nitrogens with zero attached hydrogens (tertiary/aromatic N) is 1. The van der Waals surface area contributed by atoms with Gasteiger partial charge in [-0.25, -0.2) is 0 Å². The van der Waals surface area contributed by atoms with Gasteiger partial charge >= 0.3 is 0 Å². The van der Waals surface area contributed by atoms with Crippen molar-refractivity contribution < 1.29 is 4.79 Å². The number of benzene rings is 1. The van der Waals surface area contributed by atoms with Crippen LogP contribution in [-0.2, 0) is 10.2 Å². The average molecular weight is 287 g/mol. The van der Waals surface area contributed by atoms with Crippen molar-refractivity contribution in [2.45, 2.75) is 52.0 Å². The van der Waals surface area contributed by atoms with Crippen molar-refractivity contribution in [1.29, 1.82) is 5.26 Å². The third-order valence-electron chi connectivity index (χ3n) is 3.18. The lowest BCUT2D eigenvalue weighted by Gasteiger charge is -2.20. The lowest BCUT2D eigenvalue weighted by Crippen LogP contribution is -2.37. The second-order valence-electron chi connectivity index (χ2n) is 6.79. The van der Waals surface area contributed by atoms with E-state index in [-0.39, 0.29) is 11.4 Å². The largest absolute Gasteiger partial charge is 0.326 e. The number of anilines is 1. The predicted octanol–water partition coefficient (Wildman–Crippen LogP) is 3.20. The van der Waals surface area contributed by atoms with Crippen LogP contribution in [0.15, 0.2) is 24.3 Å². The van der Waals surface area contributed by atoms with Crippen LogP contribution in [0.1, 0.15) is 46.6 Å². The highest BCUT2D eigenvalue weighted by atomic mass is 16.1. The minimum atomic E-state index is -0.515. The Morgan fingerprint density at radius 3 is 2.19 bits per heavy atom. The molecule has 0 bridgehead atoms. The van der Waals surface area contributed by atoms with Gasteiger partial charge in [-0.2, -0.15) is 5.26 Å². The van der Waals surface area contributed by atoms with Crippen LogP contribution in [0.25, 0.3) is 0 Å². The maximum Gasteiger partial charge on any atom is 0.225 e. The van der Waals surface area contributed by atoms with Gasteiger partial charge < -0.3 is 10.6 Å². The van der Waals surface area contributed by atoms with Gasteiger partial charge in [-0.05, 0) is 52.3 Å². The Kier molecular flexibility index (Phi) is 5.51. The van der Waals surface area contributed by atoms with Crippen LogP contribution in [0.2, 0.25) is 0 Å². The molecule has 0 unspecified atom stereocenters. The van der Waals surface area contributed by atoms with Crippen LogP contribution in [-0.4, -0.2) is 18.0 Å². The van der Waals surface area contributed by atoms with Gasteiger partial charge in [0.2, 0.25) is 5.91 Å². The summed E-state index contributed by atoms with van der Waals surface area (Å²) in [5.74, 6) is -0.0148. The van der Waals surface area contributed by atoms with Gasteiger partial charge in [-0.3, -0.25) is 4.79 Å². The minimum absolute atomic E-state index is 0.0148. The van der Waals surface area contributed by atoms with Crippen LogP contribution < -0.4 is 10.6 Å². The molecule has 0 atom stereocenters. The zero-order valence-corrected chi connectivity index (χ0v) is 13.6. The molecular formula is C17H25N3O. The maximum absolute atomic E-state index is 11.8. The maximum atomic E-state index is 11.8. The second-order valence-corrected chi connectivity index (χ2v) is 6.79. The summed E-state index contributed by atoms with van der Waals surface area (Å²) in [5.41, 5.74) is 1.20. The Morgan fingerprint density at radius 2 is 1.71 bits per heavy atom. The molecule has 0 aliphatic carbocycles. The fourth-order valence-corrected chi connectivity index (χ4v) is 1.81. The van der Waals surface area contributed by atoms with E-state index >= 15 is 0 Å². The molecule has 0 aliphatic heterocycles. The number of nitriles is 1. The van der Waals surface area contributed by atoms with Crippen molar-refractivity contribution in [3.8, 4) is 6.07 Å². The third-order valence-corrected chi connectivity index (χ3v) is 3.18. The smallest absolute Gasteiger partial charge is 0.225 e. The number of amides is 1.